The molecule has 0 bridgehead atoms. The van der Waals surface area contributed by atoms with E-state index < -0.39 is 5.97 Å². The molecule has 1 saturated carbocycles. The van der Waals surface area contributed by atoms with Gasteiger partial charge in [-0.15, -0.1) is 11.3 Å². The fraction of sp³-hybridized carbons (Fsp3) is 0.333. The first-order chi connectivity index (χ1) is 10.1. The number of hydrogen-bond acceptors (Lipinski definition) is 4. The Morgan fingerprint density at radius 3 is 2.95 bits per heavy atom. The number of carboxylic acids is 1. The molecule has 3 rings (SSSR count). The van der Waals surface area contributed by atoms with Crippen LogP contribution in [0, 0.1) is 0 Å². The number of aromatic nitrogens is 1. The third-order valence-corrected chi connectivity index (χ3v) is 5.18. The van der Waals surface area contributed by atoms with E-state index in [-0.39, 0.29) is 10.6 Å². The molecular formula is C15H15ClN2O2S. The zero-order valence-corrected chi connectivity index (χ0v) is 12.9. The molecule has 1 aliphatic rings. The Bertz CT molecular complexity index is 667. The van der Waals surface area contributed by atoms with Crippen LogP contribution in [0.1, 0.15) is 45.4 Å². The Balaban J connectivity index is 1.65. The lowest BCUT2D eigenvalue weighted by Gasteiger charge is -2.22. The monoisotopic (exact) mass is 322 g/mol. The quantitative estimate of drug-likeness (QED) is 0.857. The van der Waals surface area contributed by atoms with Crippen molar-refractivity contribution >= 4 is 34.6 Å². The van der Waals surface area contributed by atoms with Crippen molar-refractivity contribution in [3.8, 4) is 0 Å². The minimum atomic E-state index is -1.02. The Hall–Kier alpha value is -1.59. The average Bonchev–Trinajstić information content (AvgIpc) is 2.84. The Morgan fingerprint density at radius 2 is 2.29 bits per heavy atom. The third-order valence-electron chi connectivity index (χ3n) is 3.69. The van der Waals surface area contributed by atoms with Gasteiger partial charge in [0.25, 0.3) is 0 Å². The van der Waals surface area contributed by atoms with Crippen LogP contribution in [-0.4, -0.2) is 16.1 Å². The summed E-state index contributed by atoms with van der Waals surface area (Å²) >= 11 is 7.59. The van der Waals surface area contributed by atoms with Gasteiger partial charge in [-0.25, -0.2) is 9.78 Å². The maximum absolute atomic E-state index is 11.0. The molecule has 0 spiro atoms. The van der Waals surface area contributed by atoms with Gasteiger partial charge in [0, 0.05) is 22.7 Å². The van der Waals surface area contributed by atoms with E-state index in [0.29, 0.717) is 12.5 Å². The van der Waals surface area contributed by atoms with Crippen LogP contribution >= 0.6 is 22.9 Å². The van der Waals surface area contributed by atoms with Crippen LogP contribution < -0.4 is 5.32 Å². The van der Waals surface area contributed by atoms with E-state index in [0.717, 1.165) is 10.6 Å². The predicted octanol–water partition coefficient (Wildman–Crippen LogP) is 4.37. The molecule has 1 heterocycles. The summed E-state index contributed by atoms with van der Waals surface area (Å²) in [6.45, 7) is 0.644. The lowest BCUT2D eigenvalue weighted by atomic mass is 9.86. The first-order valence-corrected chi connectivity index (χ1v) is 8.04. The molecule has 1 aliphatic carbocycles. The zero-order chi connectivity index (χ0) is 14.8. The lowest BCUT2D eigenvalue weighted by molar-refractivity contribution is 0.0697. The second kappa shape index (κ2) is 6.03. The van der Waals surface area contributed by atoms with E-state index in [1.165, 1.54) is 24.3 Å². The molecular weight excluding hydrogens is 308 g/mol. The maximum atomic E-state index is 11.0. The second-order valence-corrected chi connectivity index (χ2v) is 6.70. The molecule has 0 unspecified atom stereocenters. The van der Waals surface area contributed by atoms with Crippen LogP contribution in [0.25, 0.3) is 0 Å². The number of benzene rings is 1. The Kier molecular flexibility index (Phi) is 4.12. The predicted molar refractivity (Wildman–Crippen MR) is 84.4 cm³/mol. The van der Waals surface area contributed by atoms with E-state index >= 15 is 0 Å². The van der Waals surface area contributed by atoms with E-state index in [9.17, 15) is 4.79 Å². The van der Waals surface area contributed by atoms with Gasteiger partial charge in [-0.3, -0.25) is 0 Å². The second-order valence-electron chi connectivity index (χ2n) is 5.15. The standard InChI is InChI=1S/C15H15ClN2O2S/c16-13-5-4-10(6-12(13)15(19)20)17-7-11-8-18-14(21-11)9-2-1-3-9/h4-6,8-9,17H,1-3,7H2,(H,19,20). The molecule has 0 saturated heterocycles. The lowest BCUT2D eigenvalue weighted by Crippen LogP contribution is -2.07. The Labute approximate surface area is 131 Å². The highest BCUT2D eigenvalue weighted by Gasteiger charge is 2.22. The van der Waals surface area contributed by atoms with Crippen molar-refractivity contribution in [3.05, 3.63) is 44.9 Å². The van der Waals surface area contributed by atoms with Crippen LogP contribution in [0.15, 0.2) is 24.4 Å². The summed E-state index contributed by atoms with van der Waals surface area (Å²) in [7, 11) is 0. The molecule has 1 fully saturated rings. The summed E-state index contributed by atoms with van der Waals surface area (Å²) < 4.78 is 0. The maximum Gasteiger partial charge on any atom is 0.337 e. The number of nitrogens with one attached hydrogen (secondary N) is 1. The molecule has 0 radical (unpaired) electrons. The number of rotatable bonds is 5. The number of halogens is 1. The van der Waals surface area contributed by atoms with Gasteiger partial charge in [-0.05, 0) is 31.0 Å². The SMILES string of the molecule is O=C(O)c1cc(NCc2cnc(C3CCC3)s2)ccc1Cl. The van der Waals surface area contributed by atoms with E-state index in [1.54, 1.807) is 29.5 Å². The molecule has 2 N–H and O–H groups in total. The summed E-state index contributed by atoms with van der Waals surface area (Å²) in [6.07, 6.45) is 5.71. The van der Waals surface area contributed by atoms with E-state index in [4.69, 9.17) is 16.7 Å². The molecule has 1 aromatic carbocycles. The van der Waals surface area contributed by atoms with Crippen molar-refractivity contribution in [2.24, 2.45) is 0 Å². The summed E-state index contributed by atoms with van der Waals surface area (Å²) in [5, 5.41) is 13.7. The summed E-state index contributed by atoms with van der Waals surface area (Å²) in [6, 6.07) is 4.93. The molecule has 0 aliphatic heterocycles. The van der Waals surface area contributed by atoms with Gasteiger partial charge in [0.2, 0.25) is 0 Å². The van der Waals surface area contributed by atoms with Crippen LogP contribution in [0.5, 0.6) is 0 Å². The van der Waals surface area contributed by atoms with Crippen molar-refractivity contribution in [1.82, 2.24) is 4.98 Å². The summed E-state index contributed by atoms with van der Waals surface area (Å²) in [5.41, 5.74) is 0.858. The van der Waals surface area contributed by atoms with Gasteiger partial charge >= 0.3 is 5.97 Å². The fourth-order valence-electron chi connectivity index (χ4n) is 2.24. The molecule has 110 valence electrons. The van der Waals surface area contributed by atoms with Crippen LogP contribution in [0.3, 0.4) is 0 Å². The molecule has 0 atom stereocenters. The minimum Gasteiger partial charge on any atom is -0.478 e. The summed E-state index contributed by atoms with van der Waals surface area (Å²) in [4.78, 5) is 16.7. The highest BCUT2D eigenvalue weighted by molar-refractivity contribution is 7.11. The highest BCUT2D eigenvalue weighted by atomic mass is 35.5. The van der Waals surface area contributed by atoms with E-state index in [2.05, 4.69) is 10.3 Å². The fourth-order valence-corrected chi connectivity index (χ4v) is 3.46. The number of nitrogens with zero attached hydrogens (tertiary/aromatic N) is 1. The van der Waals surface area contributed by atoms with Gasteiger partial charge in [0.15, 0.2) is 0 Å². The number of anilines is 1. The number of aromatic carboxylic acids is 1. The highest BCUT2D eigenvalue weighted by Crippen LogP contribution is 2.38. The average molecular weight is 323 g/mol. The zero-order valence-electron chi connectivity index (χ0n) is 11.3. The molecule has 21 heavy (non-hydrogen) atoms. The van der Waals surface area contributed by atoms with Gasteiger partial charge < -0.3 is 10.4 Å². The largest absolute Gasteiger partial charge is 0.478 e. The number of hydrogen-bond donors (Lipinski definition) is 2. The first kappa shape index (κ1) is 14.4. The molecule has 6 heteroatoms. The van der Waals surface area contributed by atoms with Gasteiger partial charge in [-0.2, -0.15) is 0 Å². The molecule has 4 nitrogen and oxygen atoms in total. The number of carboxylic acid groups (broad SMARTS) is 1. The van der Waals surface area contributed by atoms with Crippen molar-refractivity contribution < 1.29 is 9.90 Å². The van der Waals surface area contributed by atoms with Gasteiger partial charge in [-0.1, -0.05) is 18.0 Å². The van der Waals surface area contributed by atoms with Crippen molar-refractivity contribution in [2.75, 3.05) is 5.32 Å². The van der Waals surface area contributed by atoms with Gasteiger partial charge in [0.1, 0.15) is 0 Å². The molecule has 0 amide bonds. The normalized spacial score (nSPS) is 14.7. The molecule has 1 aromatic heterocycles. The van der Waals surface area contributed by atoms with Crippen molar-refractivity contribution in [2.45, 2.75) is 31.7 Å². The van der Waals surface area contributed by atoms with Crippen molar-refractivity contribution in [1.29, 1.82) is 0 Å². The van der Waals surface area contributed by atoms with E-state index in [1.807, 2.05) is 6.20 Å². The van der Waals surface area contributed by atoms with Crippen LogP contribution in [0.2, 0.25) is 5.02 Å². The molecule has 2 aromatic rings. The first-order valence-electron chi connectivity index (χ1n) is 6.85. The van der Waals surface area contributed by atoms with Crippen LogP contribution in [-0.2, 0) is 6.54 Å². The Morgan fingerprint density at radius 1 is 1.48 bits per heavy atom. The smallest absolute Gasteiger partial charge is 0.337 e. The summed E-state index contributed by atoms with van der Waals surface area (Å²) in [5.74, 6) is -0.369. The topological polar surface area (TPSA) is 62.2 Å². The number of thiazole rings is 1. The number of carbonyl (C=O) groups is 1. The minimum absolute atomic E-state index is 0.112. The van der Waals surface area contributed by atoms with Crippen LogP contribution in [0.4, 0.5) is 5.69 Å². The van der Waals surface area contributed by atoms with Gasteiger partial charge in [0.05, 0.1) is 22.1 Å². The third kappa shape index (κ3) is 3.19. The van der Waals surface area contributed by atoms with Crippen molar-refractivity contribution in [3.63, 3.8) is 0 Å².